The number of fused-ring (bicyclic) bond motifs is 1. The van der Waals surface area contributed by atoms with Gasteiger partial charge in [-0.1, -0.05) is 24.3 Å². The predicted octanol–water partition coefficient (Wildman–Crippen LogP) is 3.00. The number of rotatable bonds is 6. The van der Waals surface area contributed by atoms with Crippen molar-refractivity contribution in [1.82, 2.24) is 34.6 Å². The average molecular weight is 458 g/mol. The number of hydrogen-bond acceptors (Lipinski definition) is 8. The number of nitrogens with two attached hydrogens (primary N) is 1. The zero-order valence-corrected chi connectivity index (χ0v) is 19.9. The van der Waals surface area contributed by atoms with E-state index < -0.39 is 0 Å². The van der Waals surface area contributed by atoms with Crippen LogP contribution in [0.15, 0.2) is 48.7 Å². The van der Waals surface area contributed by atoms with E-state index in [4.69, 9.17) is 5.73 Å². The average Bonchev–Trinajstić information content (AvgIpc) is 3.24. The molecule has 34 heavy (non-hydrogen) atoms. The summed E-state index contributed by atoms with van der Waals surface area (Å²) in [5, 5.41) is 16.6. The van der Waals surface area contributed by atoms with Crippen LogP contribution >= 0.6 is 0 Å². The quantitative estimate of drug-likeness (QED) is 0.456. The van der Waals surface area contributed by atoms with E-state index in [0.29, 0.717) is 22.9 Å². The van der Waals surface area contributed by atoms with Crippen LogP contribution in [0.2, 0.25) is 0 Å². The molecule has 0 bridgehead atoms. The minimum Gasteiger partial charge on any atom is -0.383 e. The Morgan fingerprint density at radius 3 is 2.47 bits per heavy atom. The summed E-state index contributed by atoms with van der Waals surface area (Å²) in [5.74, 6) is 1.72. The fourth-order valence-electron chi connectivity index (χ4n) is 4.21. The first-order valence-corrected chi connectivity index (χ1v) is 11.7. The van der Waals surface area contributed by atoms with E-state index in [1.165, 1.54) is 5.56 Å². The molecule has 1 aromatic carbocycles. The normalized spacial score (nSPS) is 15.3. The first kappa shape index (κ1) is 22.2. The van der Waals surface area contributed by atoms with Gasteiger partial charge in [-0.05, 0) is 50.2 Å². The van der Waals surface area contributed by atoms with Crippen molar-refractivity contribution in [3.63, 3.8) is 0 Å². The molecule has 0 spiro atoms. The van der Waals surface area contributed by atoms with Crippen LogP contribution in [0.5, 0.6) is 0 Å². The van der Waals surface area contributed by atoms with Gasteiger partial charge in [-0.3, -0.25) is 4.90 Å². The van der Waals surface area contributed by atoms with Gasteiger partial charge in [-0.2, -0.15) is 4.52 Å². The highest BCUT2D eigenvalue weighted by atomic mass is 15.4. The third-order valence-corrected chi connectivity index (χ3v) is 6.15. The maximum Gasteiger partial charge on any atom is 0.189 e. The van der Waals surface area contributed by atoms with Gasteiger partial charge >= 0.3 is 0 Å². The molecule has 1 aliphatic heterocycles. The van der Waals surface area contributed by atoms with Crippen LogP contribution in [0.25, 0.3) is 28.2 Å². The largest absolute Gasteiger partial charge is 0.383 e. The van der Waals surface area contributed by atoms with E-state index in [-0.39, 0.29) is 6.04 Å². The van der Waals surface area contributed by atoms with E-state index in [1.807, 2.05) is 18.2 Å². The first-order chi connectivity index (χ1) is 16.5. The molecule has 1 fully saturated rings. The highest BCUT2D eigenvalue weighted by Gasteiger charge is 2.16. The number of anilines is 2. The molecule has 9 heteroatoms. The Morgan fingerprint density at radius 2 is 1.74 bits per heavy atom. The Kier molecular flexibility index (Phi) is 6.12. The van der Waals surface area contributed by atoms with Crippen molar-refractivity contribution < 1.29 is 0 Å². The van der Waals surface area contributed by atoms with E-state index in [9.17, 15) is 0 Å². The number of benzene rings is 1. The van der Waals surface area contributed by atoms with Gasteiger partial charge < -0.3 is 16.0 Å². The Morgan fingerprint density at radius 1 is 0.971 bits per heavy atom. The maximum absolute atomic E-state index is 6.26. The van der Waals surface area contributed by atoms with Gasteiger partial charge in [0, 0.05) is 50.5 Å². The summed E-state index contributed by atoms with van der Waals surface area (Å²) in [7, 11) is 2.18. The second kappa shape index (κ2) is 9.36. The van der Waals surface area contributed by atoms with E-state index in [1.54, 1.807) is 10.7 Å². The molecule has 3 N–H and O–H groups in total. The van der Waals surface area contributed by atoms with Crippen LogP contribution in [0.4, 0.5) is 11.6 Å². The Bertz CT molecular complexity index is 1270. The highest BCUT2D eigenvalue weighted by Crippen LogP contribution is 2.29. The zero-order chi connectivity index (χ0) is 23.7. The molecule has 0 aliphatic carbocycles. The van der Waals surface area contributed by atoms with Crippen LogP contribution in [0.3, 0.4) is 0 Å². The molecule has 1 saturated heterocycles. The van der Waals surface area contributed by atoms with Crippen molar-refractivity contribution in [1.29, 1.82) is 0 Å². The lowest BCUT2D eigenvalue weighted by Gasteiger charge is -2.32. The molecule has 0 radical (unpaired) electrons. The Hall–Kier alpha value is -3.56. The molecule has 176 valence electrons. The van der Waals surface area contributed by atoms with E-state index >= 15 is 0 Å². The summed E-state index contributed by atoms with van der Waals surface area (Å²) in [6, 6.07) is 14.7. The van der Waals surface area contributed by atoms with Gasteiger partial charge in [0.25, 0.3) is 0 Å². The van der Waals surface area contributed by atoms with Gasteiger partial charge in [-0.25, -0.2) is 4.98 Å². The number of nitrogen functional groups attached to an aromatic ring is 1. The van der Waals surface area contributed by atoms with Crippen molar-refractivity contribution in [2.24, 2.45) is 0 Å². The van der Waals surface area contributed by atoms with Crippen LogP contribution in [-0.4, -0.2) is 73.9 Å². The topological polar surface area (TPSA) is 100 Å². The lowest BCUT2D eigenvalue weighted by Crippen LogP contribution is -2.43. The SMILES string of the molecule is CC(C)Nc1ccc2nnc(-c3cc(-c4ccc(CN5CCN(C)CC5)cc4)cnc3N)n2n1. The van der Waals surface area contributed by atoms with Crippen molar-refractivity contribution in [2.45, 2.75) is 26.4 Å². The van der Waals surface area contributed by atoms with Gasteiger partial charge in [0.1, 0.15) is 11.6 Å². The number of pyridine rings is 1. The molecule has 3 aromatic heterocycles. The van der Waals surface area contributed by atoms with Gasteiger partial charge in [-0.15, -0.1) is 15.3 Å². The van der Waals surface area contributed by atoms with Gasteiger partial charge in [0.2, 0.25) is 0 Å². The molecule has 9 nitrogen and oxygen atoms in total. The standard InChI is InChI=1S/C25H31N9/c1-17(2)28-22-8-9-23-29-30-25(34(23)31-22)21-14-20(15-27-24(21)26)19-6-4-18(5-7-19)16-33-12-10-32(3)11-13-33/h4-9,14-15,17H,10-13,16H2,1-3H3,(H2,26,27)(H,28,31). The molecule has 0 atom stereocenters. The number of aromatic nitrogens is 5. The van der Waals surface area contributed by atoms with Crippen molar-refractivity contribution in [3.05, 3.63) is 54.2 Å². The third kappa shape index (κ3) is 4.71. The zero-order valence-electron chi connectivity index (χ0n) is 19.9. The molecule has 0 saturated carbocycles. The summed E-state index contributed by atoms with van der Waals surface area (Å²) in [6.45, 7) is 9.58. The number of nitrogens with zero attached hydrogens (tertiary/aromatic N) is 7. The molecule has 1 aliphatic rings. The summed E-state index contributed by atoms with van der Waals surface area (Å²) < 4.78 is 1.71. The van der Waals surface area contributed by atoms with Crippen molar-refractivity contribution >= 4 is 17.3 Å². The summed E-state index contributed by atoms with van der Waals surface area (Å²) in [5.41, 5.74) is 11.0. The third-order valence-electron chi connectivity index (χ3n) is 6.15. The van der Waals surface area contributed by atoms with Crippen LogP contribution in [0.1, 0.15) is 19.4 Å². The Labute approximate surface area is 199 Å². The van der Waals surface area contributed by atoms with Crippen LogP contribution < -0.4 is 11.1 Å². The number of piperazine rings is 1. The predicted molar refractivity (Wildman–Crippen MR) is 135 cm³/mol. The fraction of sp³-hybridized carbons (Fsp3) is 0.360. The lowest BCUT2D eigenvalue weighted by molar-refractivity contribution is 0.148. The molecule has 5 rings (SSSR count). The second-order valence-corrected chi connectivity index (χ2v) is 9.24. The molecule has 4 heterocycles. The van der Waals surface area contributed by atoms with Crippen LogP contribution in [0, 0.1) is 0 Å². The first-order valence-electron chi connectivity index (χ1n) is 11.7. The lowest BCUT2D eigenvalue weighted by atomic mass is 10.0. The van der Waals surface area contributed by atoms with E-state index in [0.717, 1.165) is 49.7 Å². The monoisotopic (exact) mass is 457 g/mol. The minimum absolute atomic E-state index is 0.263. The Balaban J connectivity index is 1.41. The molecular weight excluding hydrogens is 426 g/mol. The van der Waals surface area contributed by atoms with Crippen molar-refractivity contribution in [3.8, 4) is 22.5 Å². The number of likely N-dealkylation sites (N-methyl/N-ethyl adjacent to an activating group) is 1. The summed E-state index contributed by atoms with van der Waals surface area (Å²) >= 11 is 0. The summed E-state index contributed by atoms with van der Waals surface area (Å²) in [6.07, 6.45) is 1.80. The molecule has 4 aromatic rings. The molecular formula is C25H31N9. The maximum atomic E-state index is 6.26. The van der Waals surface area contributed by atoms with Crippen LogP contribution in [-0.2, 0) is 6.54 Å². The molecule has 0 unspecified atom stereocenters. The highest BCUT2D eigenvalue weighted by molar-refractivity contribution is 5.77. The van der Waals surface area contributed by atoms with Gasteiger partial charge in [0.05, 0.1) is 5.56 Å². The fourth-order valence-corrected chi connectivity index (χ4v) is 4.21. The summed E-state index contributed by atoms with van der Waals surface area (Å²) in [4.78, 5) is 9.33. The van der Waals surface area contributed by atoms with Crippen molar-refractivity contribution in [2.75, 3.05) is 44.3 Å². The number of hydrogen-bond donors (Lipinski definition) is 2. The number of nitrogens with one attached hydrogen (secondary N) is 1. The molecule has 0 amide bonds. The van der Waals surface area contributed by atoms with Gasteiger partial charge in [0.15, 0.2) is 11.5 Å². The smallest absolute Gasteiger partial charge is 0.189 e. The minimum atomic E-state index is 0.263. The van der Waals surface area contributed by atoms with E-state index in [2.05, 4.69) is 80.6 Å². The second-order valence-electron chi connectivity index (χ2n) is 9.24.